The standard InChI is InChI=1S/C23H28N4/c1-23(2,3)20-16-24-22(25-20)27-15-14-26(17-27)21(18-10-6-4-7-11-18)19-12-8-5-9-13-19/h4-15,20-21H,16-17H2,1-3H3,(H,24,25)/t20-/m1/s1. The maximum absolute atomic E-state index is 4.76. The molecule has 2 aliphatic heterocycles. The molecule has 1 atom stereocenters. The Kier molecular flexibility index (Phi) is 4.65. The molecular weight excluding hydrogens is 332 g/mol. The second-order valence-electron chi connectivity index (χ2n) is 8.37. The van der Waals surface area contributed by atoms with Crippen LogP contribution in [-0.2, 0) is 0 Å². The highest BCUT2D eigenvalue weighted by molar-refractivity contribution is 5.83. The zero-order valence-electron chi connectivity index (χ0n) is 16.3. The Balaban J connectivity index is 1.53. The molecule has 0 amide bonds. The summed E-state index contributed by atoms with van der Waals surface area (Å²) in [7, 11) is 0. The zero-order valence-corrected chi connectivity index (χ0v) is 16.3. The molecule has 0 aliphatic carbocycles. The van der Waals surface area contributed by atoms with Gasteiger partial charge in [-0.15, -0.1) is 0 Å². The Morgan fingerprint density at radius 1 is 0.926 bits per heavy atom. The minimum atomic E-state index is 0.189. The van der Waals surface area contributed by atoms with E-state index in [0.29, 0.717) is 6.04 Å². The molecule has 2 heterocycles. The van der Waals surface area contributed by atoms with Gasteiger partial charge in [-0.1, -0.05) is 81.4 Å². The Bertz CT molecular complexity index is 781. The van der Waals surface area contributed by atoms with Crippen LogP contribution < -0.4 is 5.32 Å². The molecule has 27 heavy (non-hydrogen) atoms. The first-order chi connectivity index (χ1) is 13.0. The van der Waals surface area contributed by atoms with Crippen molar-refractivity contribution in [3.63, 3.8) is 0 Å². The van der Waals surface area contributed by atoms with E-state index >= 15 is 0 Å². The Morgan fingerprint density at radius 2 is 1.52 bits per heavy atom. The van der Waals surface area contributed by atoms with Crippen LogP contribution in [0, 0.1) is 5.41 Å². The lowest BCUT2D eigenvalue weighted by atomic mass is 9.87. The number of nitrogens with zero attached hydrogens (tertiary/aromatic N) is 3. The fraction of sp³-hybridized carbons (Fsp3) is 0.348. The topological polar surface area (TPSA) is 30.9 Å². The third-order valence-corrected chi connectivity index (χ3v) is 5.36. The van der Waals surface area contributed by atoms with E-state index < -0.39 is 0 Å². The molecule has 0 radical (unpaired) electrons. The van der Waals surface area contributed by atoms with Gasteiger partial charge in [0.2, 0.25) is 0 Å². The second-order valence-corrected chi connectivity index (χ2v) is 8.37. The molecular formula is C23H28N4. The smallest absolute Gasteiger partial charge is 0.199 e. The molecule has 0 bridgehead atoms. The van der Waals surface area contributed by atoms with Crippen LogP contribution in [0.25, 0.3) is 0 Å². The Labute approximate surface area is 162 Å². The van der Waals surface area contributed by atoms with Crippen molar-refractivity contribution in [1.82, 2.24) is 15.1 Å². The zero-order chi connectivity index (χ0) is 18.9. The Hall–Kier alpha value is -2.75. The first kappa shape index (κ1) is 17.7. The van der Waals surface area contributed by atoms with Gasteiger partial charge in [0.15, 0.2) is 5.96 Å². The van der Waals surface area contributed by atoms with Crippen LogP contribution in [0.4, 0.5) is 0 Å². The molecule has 0 saturated carbocycles. The number of benzene rings is 2. The summed E-state index contributed by atoms with van der Waals surface area (Å²) in [5, 5.41) is 3.61. The summed E-state index contributed by atoms with van der Waals surface area (Å²) in [4.78, 5) is 9.35. The summed E-state index contributed by atoms with van der Waals surface area (Å²) in [5.74, 6) is 0.980. The molecule has 1 N–H and O–H groups in total. The van der Waals surface area contributed by atoms with Crippen molar-refractivity contribution in [2.45, 2.75) is 32.9 Å². The van der Waals surface area contributed by atoms with E-state index in [1.54, 1.807) is 0 Å². The summed E-state index contributed by atoms with van der Waals surface area (Å²) in [6.07, 6.45) is 4.31. The minimum Gasteiger partial charge on any atom is -0.351 e. The fourth-order valence-electron chi connectivity index (χ4n) is 3.68. The molecule has 4 heteroatoms. The molecule has 2 aromatic rings. The van der Waals surface area contributed by atoms with Crippen molar-refractivity contribution >= 4 is 5.96 Å². The van der Waals surface area contributed by atoms with Crippen LogP contribution in [0.5, 0.6) is 0 Å². The third-order valence-electron chi connectivity index (χ3n) is 5.36. The van der Waals surface area contributed by atoms with E-state index in [2.05, 4.69) is 109 Å². The number of aliphatic imine (C=N–C) groups is 1. The van der Waals surface area contributed by atoms with Gasteiger partial charge in [0.1, 0.15) is 0 Å². The molecule has 2 aliphatic rings. The van der Waals surface area contributed by atoms with E-state index in [4.69, 9.17) is 4.99 Å². The lowest BCUT2D eigenvalue weighted by molar-refractivity contribution is 0.274. The van der Waals surface area contributed by atoms with Gasteiger partial charge in [-0.05, 0) is 16.5 Å². The highest BCUT2D eigenvalue weighted by Crippen LogP contribution is 2.31. The van der Waals surface area contributed by atoms with E-state index in [0.717, 1.165) is 19.2 Å². The quantitative estimate of drug-likeness (QED) is 0.890. The van der Waals surface area contributed by atoms with E-state index in [1.807, 2.05) is 0 Å². The third kappa shape index (κ3) is 3.70. The van der Waals surface area contributed by atoms with Gasteiger partial charge >= 0.3 is 0 Å². The number of guanidine groups is 1. The summed E-state index contributed by atoms with van der Waals surface area (Å²) < 4.78 is 0. The van der Waals surface area contributed by atoms with Crippen LogP contribution in [-0.4, -0.2) is 35.0 Å². The Morgan fingerprint density at radius 3 is 2.04 bits per heavy atom. The molecule has 0 saturated heterocycles. The van der Waals surface area contributed by atoms with Gasteiger partial charge < -0.3 is 10.2 Å². The monoisotopic (exact) mass is 360 g/mol. The van der Waals surface area contributed by atoms with Gasteiger partial charge in [-0.2, -0.15) is 0 Å². The number of rotatable bonds is 3. The van der Waals surface area contributed by atoms with Gasteiger partial charge in [0, 0.05) is 12.4 Å². The van der Waals surface area contributed by atoms with E-state index in [1.165, 1.54) is 11.1 Å². The predicted octanol–water partition coefficient (Wildman–Crippen LogP) is 4.20. The van der Waals surface area contributed by atoms with Crippen molar-refractivity contribution in [1.29, 1.82) is 0 Å². The second kappa shape index (κ2) is 7.10. The fourth-order valence-corrected chi connectivity index (χ4v) is 3.68. The highest BCUT2D eigenvalue weighted by atomic mass is 15.4. The average molecular weight is 361 g/mol. The molecule has 2 aromatic carbocycles. The molecule has 4 nitrogen and oxygen atoms in total. The van der Waals surface area contributed by atoms with Crippen molar-refractivity contribution < 1.29 is 0 Å². The van der Waals surface area contributed by atoms with E-state index in [9.17, 15) is 0 Å². The van der Waals surface area contributed by atoms with Crippen LogP contribution in [0.1, 0.15) is 37.9 Å². The number of hydrogen-bond acceptors (Lipinski definition) is 4. The van der Waals surface area contributed by atoms with Gasteiger partial charge in [-0.25, -0.2) is 0 Å². The normalized spacial score (nSPS) is 19.6. The van der Waals surface area contributed by atoms with Gasteiger partial charge in [0.05, 0.1) is 25.3 Å². The van der Waals surface area contributed by atoms with Crippen LogP contribution in [0.15, 0.2) is 78.1 Å². The molecule has 4 rings (SSSR count). The van der Waals surface area contributed by atoms with Crippen LogP contribution in [0.2, 0.25) is 0 Å². The van der Waals surface area contributed by atoms with Crippen LogP contribution >= 0.6 is 0 Å². The maximum atomic E-state index is 4.76. The first-order valence-electron chi connectivity index (χ1n) is 9.64. The lowest BCUT2D eigenvalue weighted by Gasteiger charge is -2.31. The summed E-state index contributed by atoms with van der Waals surface area (Å²) in [6, 6.07) is 22.0. The molecule has 0 unspecified atom stereocenters. The lowest BCUT2D eigenvalue weighted by Crippen LogP contribution is -2.46. The number of hydrogen-bond donors (Lipinski definition) is 1. The number of nitrogens with one attached hydrogen (secondary N) is 1. The van der Waals surface area contributed by atoms with Crippen molar-refractivity contribution in [2.75, 3.05) is 13.2 Å². The molecule has 0 spiro atoms. The summed E-state index contributed by atoms with van der Waals surface area (Å²) >= 11 is 0. The molecule has 140 valence electrons. The SMILES string of the molecule is CC(C)(C)[C@H]1CN=C(N2C=CN(C(c3ccccc3)c3ccccc3)C2)N1. The molecule has 0 fully saturated rings. The largest absolute Gasteiger partial charge is 0.351 e. The van der Waals surface area contributed by atoms with Crippen molar-refractivity contribution in [2.24, 2.45) is 10.4 Å². The first-order valence-corrected chi connectivity index (χ1v) is 9.64. The van der Waals surface area contributed by atoms with Gasteiger partial charge in [-0.3, -0.25) is 9.89 Å². The maximum Gasteiger partial charge on any atom is 0.199 e. The van der Waals surface area contributed by atoms with Crippen molar-refractivity contribution in [3.05, 3.63) is 84.2 Å². The predicted molar refractivity (Wildman–Crippen MR) is 111 cm³/mol. The summed E-state index contributed by atoms with van der Waals surface area (Å²) in [5.41, 5.74) is 2.79. The summed E-state index contributed by atoms with van der Waals surface area (Å²) in [6.45, 7) is 8.41. The van der Waals surface area contributed by atoms with Gasteiger partial charge in [0.25, 0.3) is 0 Å². The average Bonchev–Trinajstić information content (AvgIpc) is 3.33. The highest BCUT2D eigenvalue weighted by Gasteiger charge is 2.33. The van der Waals surface area contributed by atoms with E-state index in [-0.39, 0.29) is 11.5 Å². The minimum absolute atomic E-state index is 0.189. The van der Waals surface area contributed by atoms with Crippen molar-refractivity contribution in [3.8, 4) is 0 Å². The molecule has 0 aromatic heterocycles. The van der Waals surface area contributed by atoms with Crippen LogP contribution in [0.3, 0.4) is 0 Å².